The molecule has 0 saturated heterocycles. The molecule has 0 heterocycles. The van der Waals surface area contributed by atoms with Gasteiger partial charge < -0.3 is 10.4 Å². The second kappa shape index (κ2) is 7.23. The van der Waals surface area contributed by atoms with E-state index >= 15 is 0 Å². The Morgan fingerprint density at radius 3 is 1.69 bits per heavy atom. The van der Waals surface area contributed by atoms with E-state index in [9.17, 15) is 14.7 Å². The third-order valence-electron chi connectivity index (χ3n) is 4.43. The number of hydrogen-bond donors (Lipinski definition) is 2. The molecular formula is C22H19NO3. The summed E-state index contributed by atoms with van der Waals surface area (Å²) in [7, 11) is 0. The van der Waals surface area contributed by atoms with Gasteiger partial charge in [-0.25, -0.2) is 4.79 Å². The third kappa shape index (κ3) is 3.09. The first-order chi connectivity index (χ1) is 12.6. The van der Waals surface area contributed by atoms with Crippen molar-refractivity contribution in [3.8, 4) is 0 Å². The van der Waals surface area contributed by atoms with Gasteiger partial charge in [0.05, 0.1) is 0 Å². The van der Waals surface area contributed by atoms with Crippen molar-refractivity contribution in [1.82, 2.24) is 5.32 Å². The van der Waals surface area contributed by atoms with Crippen LogP contribution in [0.3, 0.4) is 0 Å². The van der Waals surface area contributed by atoms with E-state index in [1.807, 2.05) is 31.2 Å². The topological polar surface area (TPSA) is 66.4 Å². The Morgan fingerprint density at radius 2 is 1.23 bits per heavy atom. The molecule has 0 fully saturated rings. The van der Waals surface area contributed by atoms with Gasteiger partial charge in [0.15, 0.2) is 5.54 Å². The minimum Gasteiger partial charge on any atom is -0.479 e. The monoisotopic (exact) mass is 345 g/mol. The molecule has 3 rings (SSSR count). The van der Waals surface area contributed by atoms with Crippen LogP contribution in [0.2, 0.25) is 0 Å². The maximum absolute atomic E-state index is 13.0. The highest BCUT2D eigenvalue weighted by Gasteiger charge is 2.44. The number of carboxylic acid groups (broad SMARTS) is 1. The molecule has 0 spiro atoms. The Labute approximate surface area is 152 Å². The average Bonchev–Trinajstić information content (AvgIpc) is 2.67. The van der Waals surface area contributed by atoms with Crippen molar-refractivity contribution in [1.29, 1.82) is 0 Å². The lowest BCUT2D eigenvalue weighted by Crippen LogP contribution is -2.52. The van der Waals surface area contributed by atoms with E-state index in [4.69, 9.17) is 0 Å². The maximum atomic E-state index is 13.0. The smallest absolute Gasteiger partial charge is 0.338 e. The lowest BCUT2D eigenvalue weighted by atomic mass is 9.82. The number of nitrogens with one attached hydrogen (secondary N) is 1. The van der Waals surface area contributed by atoms with E-state index in [-0.39, 0.29) is 0 Å². The van der Waals surface area contributed by atoms with Gasteiger partial charge >= 0.3 is 5.97 Å². The minimum atomic E-state index is -1.68. The van der Waals surface area contributed by atoms with Crippen LogP contribution in [-0.4, -0.2) is 17.0 Å². The Bertz CT molecular complexity index is 881. The summed E-state index contributed by atoms with van der Waals surface area (Å²) >= 11 is 0. The van der Waals surface area contributed by atoms with Gasteiger partial charge in [0, 0.05) is 5.56 Å². The first-order valence-corrected chi connectivity index (χ1v) is 8.28. The Hall–Kier alpha value is -3.40. The largest absolute Gasteiger partial charge is 0.479 e. The summed E-state index contributed by atoms with van der Waals surface area (Å²) < 4.78 is 0. The van der Waals surface area contributed by atoms with E-state index in [1.165, 1.54) is 0 Å². The molecule has 3 aromatic carbocycles. The molecule has 130 valence electrons. The van der Waals surface area contributed by atoms with Gasteiger partial charge in [-0.2, -0.15) is 0 Å². The maximum Gasteiger partial charge on any atom is 0.338 e. The molecule has 2 N–H and O–H groups in total. The minimum absolute atomic E-state index is 0.432. The van der Waals surface area contributed by atoms with E-state index in [1.54, 1.807) is 60.7 Å². The number of aliphatic carboxylic acids is 1. The van der Waals surface area contributed by atoms with Crippen molar-refractivity contribution in [3.63, 3.8) is 0 Å². The van der Waals surface area contributed by atoms with Gasteiger partial charge in [-0.3, -0.25) is 4.79 Å². The number of rotatable bonds is 5. The molecule has 0 unspecified atom stereocenters. The van der Waals surface area contributed by atoms with Gasteiger partial charge in [0.1, 0.15) is 0 Å². The highest BCUT2D eigenvalue weighted by atomic mass is 16.4. The quantitative estimate of drug-likeness (QED) is 0.740. The molecule has 0 radical (unpaired) electrons. The predicted molar refractivity (Wildman–Crippen MR) is 99.9 cm³/mol. The lowest BCUT2D eigenvalue weighted by molar-refractivity contribution is -0.143. The Morgan fingerprint density at radius 1 is 0.769 bits per heavy atom. The van der Waals surface area contributed by atoms with Gasteiger partial charge in [0.2, 0.25) is 0 Å². The zero-order valence-electron chi connectivity index (χ0n) is 14.3. The number of hydrogen-bond acceptors (Lipinski definition) is 2. The van der Waals surface area contributed by atoms with Crippen LogP contribution in [-0.2, 0) is 10.3 Å². The average molecular weight is 345 g/mol. The van der Waals surface area contributed by atoms with E-state index in [2.05, 4.69) is 5.32 Å². The molecule has 1 amide bonds. The summed E-state index contributed by atoms with van der Waals surface area (Å²) in [5.41, 5.74) is 0.527. The summed E-state index contributed by atoms with van der Waals surface area (Å²) in [5, 5.41) is 13.0. The molecule has 0 aliphatic carbocycles. The van der Waals surface area contributed by atoms with E-state index < -0.39 is 17.4 Å². The van der Waals surface area contributed by atoms with Gasteiger partial charge in [-0.05, 0) is 29.7 Å². The zero-order chi connectivity index (χ0) is 18.6. The number of carboxylic acids is 1. The number of amides is 1. The van der Waals surface area contributed by atoms with Gasteiger partial charge in [-0.1, -0.05) is 78.9 Å². The highest BCUT2D eigenvalue weighted by molar-refractivity contribution is 6.00. The molecule has 4 heteroatoms. The second-order valence-corrected chi connectivity index (χ2v) is 6.06. The fourth-order valence-corrected chi connectivity index (χ4v) is 3.05. The zero-order valence-corrected chi connectivity index (χ0v) is 14.3. The highest BCUT2D eigenvalue weighted by Crippen LogP contribution is 2.31. The third-order valence-corrected chi connectivity index (χ3v) is 4.43. The second-order valence-electron chi connectivity index (χ2n) is 6.06. The SMILES string of the molecule is Cc1ccccc1C(=O)NC(C(=O)O)(c1ccccc1)c1ccccc1. The van der Waals surface area contributed by atoms with Gasteiger partial charge in [-0.15, -0.1) is 0 Å². The van der Waals surface area contributed by atoms with Crippen LogP contribution < -0.4 is 5.32 Å². The summed E-state index contributed by atoms with van der Waals surface area (Å²) in [6.07, 6.45) is 0. The molecule has 3 aromatic rings. The molecule has 0 saturated carbocycles. The van der Waals surface area contributed by atoms with Crippen molar-refractivity contribution in [3.05, 3.63) is 107 Å². The molecule has 0 aliphatic heterocycles. The Balaban J connectivity index is 2.16. The van der Waals surface area contributed by atoms with Gasteiger partial charge in [0.25, 0.3) is 5.91 Å². The molecule has 0 aromatic heterocycles. The van der Waals surface area contributed by atoms with Crippen molar-refractivity contribution in [2.24, 2.45) is 0 Å². The van der Waals surface area contributed by atoms with Crippen LogP contribution in [0.5, 0.6) is 0 Å². The fourth-order valence-electron chi connectivity index (χ4n) is 3.05. The summed E-state index contributed by atoms with van der Waals surface area (Å²) in [6, 6.07) is 24.6. The van der Waals surface area contributed by atoms with Crippen LogP contribution in [0.1, 0.15) is 27.0 Å². The Kier molecular flexibility index (Phi) is 4.85. The summed E-state index contributed by atoms with van der Waals surface area (Å²) in [4.78, 5) is 25.4. The van der Waals surface area contributed by atoms with Crippen molar-refractivity contribution in [2.45, 2.75) is 12.5 Å². The van der Waals surface area contributed by atoms with Crippen LogP contribution in [0.15, 0.2) is 84.9 Å². The van der Waals surface area contributed by atoms with Crippen LogP contribution in [0.25, 0.3) is 0 Å². The fraction of sp³-hybridized carbons (Fsp3) is 0.0909. The van der Waals surface area contributed by atoms with Crippen LogP contribution in [0, 0.1) is 6.92 Å². The van der Waals surface area contributed by atoms with E-state index in [0.29, 0.717) is 16.7 Å². The molecule has 0 aliphatic rings. The standard InChI is InChI=1S/C22H19NO3/c1-16-10-8-9-15-19(16)20(24)23-22(21(25)26,17-11-4-2-5-12-17)18-13-6-3-7-14-18/h2-15H,1H3,(H,23,24)(H,25,26). The number of benzene rings is 3. The van der Waals surface area contributed by atoms with Crippen molar-refractivity contribution < 1.29 is 14.7 Å². The first-order valence-electron chi connectivity index (χ1n) is 8.28. The van der Waals surface area contributed by atoms with Crippen molar-refractivity contribution >= 4 is 11.9 Å². The van der Waals surface area contributed by atoms with Crippen LogP contribution in [0.4, 0.5) is 0 Å². The molecule has 0 atom stereocenters. The first kappa shape index (κ1) is 17.4. The molecule has 0 bridgehead atoms. The van der Waals surface area contributed by atoms with E-state index in [0.717, 1.165) is 5.56 Å². The lowest BCUT2D eigenvalue weighted by Gasteiger charge is -2.32. The van der Waals surface area contributed by atoms with Crippen LogP contribution >= 0.6 is 0 Å². The number of aryl methyl sites for hydroxylation is 1. The predicted octanol–water partition coefficient (Wildman–Crippen LogP) is 3.75. The summed E-state index contributed by atoms with van der Waals surface area (Å²) in [5.74, 6) is -1.57. The summed E-state index contributed by atoms with van der Waals surface area (Å²) in [6.45, 7) is 1.82. The molecule has 26 heavy (non-hydrogen) atoms. The molecule has 4 nitrogen and oxygen atoms in total. The number of carbonyl (C=O) groups is 2. The number of carbonyl (C=O) groups excluding carboxylic acids is 1. The normalized spacial score (nSPS) is 11.0. The van der Waals surface area contributed by atoms with Crippen molar-refractivity contribution in [2.75, 3.05) is 0 Å². The molecular weight excluding hydrogens is 326 g/mol.